The second kappa shape index (κ2) is 10.8. The van der Waals surface area contributed by atoms with E-state index in [1.54, 1.807) is 0 Å². The number of ether oxygens (including phenoxy) is 3. The quantitative estimate of drug-likeness (QED) is 0.415. The smallest absolute Gasteiger partial charge is 0.486 e. The van der Waals surface area contributed by atoms with Crippen molar-refractivity contribution in [2.45, 2.75) is 49.0 Å². The molecule has 4 rings (SSSR count). The molecule has 2 N–H and O–H groups in total. The number of anilines is 1. The molecular weight excluding hydrogens is 461 g/mol. The first kappa shape index (κ1) is 24.0. The summed E-state index contributed by atoms with van der Waals surface area (Å²) < 4.78 is 54.1. The molecule has 0 aliphatic carbocycles. The number of aliphatic hydroxyl groups excluding tert-OH is 1. The Morgan fingerprint density at radius 3 is 2.52 bits per heavy atom. The molecule has 0 bridgehead atoms. The van der Waals surface area contributed by atoms with Crippen LogP contribution in [0.2, 0.25) is 0 Å². The minimum atomic E-state index is -4.75. The molecule has 2 aromatic carbocycles. The van der Waals surface area contributed by atoms with Crippen molar-refractivity contribution in [1.29, 1.82) is 0 Å². The van der Waals surface area contributed by atoms with Crippen LogP contribution in [0.4, 0.5) is 18.9 Å². The summed E-state index contributed by atoms with van der Waals surface area (Å²) in [4.78, 5) is 6.59. The maximum Gasteiger partial charge on any atom is 0.573 e. The van der Waals surface area contributed by atoms with Crippen molar-refractivity contribution in [3.05, 3.63) is 48.5 Å². The Morgan fingerprint density at radius 1 is 1.03 bits per heavy atom. The average Bonchev–Trinajstić information content (AvgIpc) is 3.13. The van der Waals surface area contributed by atoms with Gasteiger partial charge in [-0.1, -0.05) is 12.1 Å². The second-order valence-corrected chi connectivity index (χ2v) is 8.83. The minimum absolute atomic E-state index is 0.281. The molecule has 0 spiro atoms. The minimum Gasteiger partial charge on any atom is -0.486 e. The third-order valence-electron chi connectivity index (χ3n) is 5.10. The molecule has 33 heavy (non-hydrogen) atoms. The highest BCUT2D eigenvalue weighted by Gasteiger charge is 2.34. The lowest BCUT2D eigenvalue weighted by Crippen LogP contribution is -2.29. The van der Waals surface area contributed by atoms with Crippen molar-refractivity contribution in [1.82, 2.24) is 4.31 Å². The third-order valence-corrected chi connectivity index (χ3v) is 6.21. The van der Waals surface area contributed by atoms with Crippen molar-refractivity contribution in [2.75, 3.05) is 25.2 Å². The van der Waals surface area contributed by atoms with Gasteiger partial charge >= 0.3 is 6.36 Å². The normalized spacial score (nSPS) is 23.9. The van der Waals surface area contributed by atoms with Crippen molar-refractivity contribution < 1.29 is 37.3 Å². The molecule has 2 saturated heterocycles. The van der Waals surface area contributed by atoms with Gasteiger partial charge in [-0.2, -0.15) is 0 Å². The number of para-hydroxylation sites is 1. The first-order valence-electron chi connectivity index (χ1n) is 10.6. The zero-order valence-electron chi connectivity index (χ0n) is 17.7. The monoisotopic (exact) mass is 486 g/mol. The van der Waals surface area contributed by atoms with Crippen LogP contribution in [0, 0.1) is 0 Å². The van der Waals surface area contributed by atoms with E-state index < -0.39 is 18.6 Å². The first-order valence-corrected chi connectivity index (χ1v) is 11.4. The molecule has 3 atom stereocenters. The number of rotatable bonds is 8. The molecule has 11 heteroatoms. The van der Waals surface area contributed by atoms with E-state index in [-0.39, 0.29) is 12.0 Å². The molecule has 0 aromatic heterocycles. The Kier molecular flexibility index (Phi) is 7.86. The van der Waals surface area contributed by atoms with E-state index in [0.29, 0.717) is 25.4 Å². The highest BCUT2D eigenvalue weighted by molar-refractivity contribution is 7.97. The molecule has 0 radical (unpaired) electrons. The third kappa shape index (κ3) is 7.15. The van der Waals surface area contributed by atoms with E-state index in [1.807, 2.05) is 28.6 Å². The summed E-state index contributed by atoms with van der Waals surface area (Å²) in [5.74, 6) is 0.0207. The molecule has 3 unspecified atom stereocenters. The van der Waals surface area contributed by atoms with Crippen LogP contribution in [0.15, 0.2) is 53.4 Å². The second-order valence-electron chi connectivity index (χ2n) is 7.69. The Bertz CT molecular complexity index is 896. The van der Waals surface area contributed by atoms with Crippen LogP contribution in [-0.2, 0) is 9.57 Å². The fourth-order valence-corrected chi connectivity index (χ4v) is 4.59. The fraction of sp³-hybridized carbons (Fsp3) is 0.455. The molecule has 180 valence electrons. The zero-order chi connectivity index (χ0) is 23.3. The van der Waals surface area contributed by atoms with Crippen LogP contribution in [0.25, 0.3) is 0 Å². The largest absolute Gasteiger partial charge is 0.573 e. The van der Waals surface area contributed by atoms with Gasteiger partial charge in [0.15, 0.2) is 6.29 Å². The van der Waals surface area contributed by atoms with Gasteiger partial charge in [0.05, 0.1) is 5.69 Å². The number of hydrogen-bond acceptors (Lipinski definition) is 8. The van der Waals surface area contributed by atoms with Crippen LogP contribution in [0.5, 0.6) is 11.5 Å². The molecule has 7 nitrogen and oxygen atoms in total. The number of halogens is 3. The van der Waals surface area contributed by atoms with Gasteiger partial charge < -0.3 is 19.3 Å². The lowest BCUT2D eigenvalue weighted by atomic mass is 10.2. The van der Waals surface area contributed by atoms with Crippen LogP contribution in [0.1, 0.15) is 19.3 Å². The van der Waals surface area contributed by atoms with Crippen LogP contribution in [0.3, 0.4) is 0 Å². The summed E-state index contributed by atoms with van der Waals surface area (Å²) in [6.07, 6.45) is -3.37. The SMILES string of the molecule is OC1CN(Sc2ccccc2NOC2CCCCO2)CC1Oc1ccc(OC(F)(F)F)cc1. The van der Waals surface area contributed by atoms with E-state index in [9.17, 15) is 18.3 Å². The van der Waals surface area contributed by atoms with E-state index in [4.69, 9.17) is 14.3 Å². The maximum atomic E-state index is 12.3. The number of aliphatic hydroxyl groups is 1. The van der Waals surface area contributed by atoms with Gasteiger partial charge in [0.2, 0.25) is 0 Å². The number of hydrogen-bond donors (Lipinski definition) is 2. The van der Waals surface area contributed by atoms with Gasteiger partial charge in [-0.25, -0.2) is 9.14 Å². The van der Waals surface area contributed by atoms with E-state index in [2.05, 4.69) is 10.2 Å². The Hall–Kier alpha value is -2.18. The first-order chi connectivity index (χ1) is 15.9. The summed E-state index contributed by atoms with van der Waals surface area (Å²) in [7, 11) is 0. The van der Waals surface area contributed by atoms with E-state index >= 15 is 0 Å². The fourth-order valence-electron chi connectivity index (χ4n) is 3.51. The van der Waals surface area contributed by atoms with Crippen molar-refractivity contribution in [2.24, 2.45) is 0 Å². The van der Waals surface area contributed by atoms with Crippen LogP contribution >= 0.6 is 11.9 Å². The van der Waals surface area contributed by atoms with Crippen molar-refractivity contribution in [3.8, 4) is 11.5 Å². The molecule has 0 saturated carbocycles. The molecule has 2 aliphatic heterocycles. The van der Waals surface area contributed by atoms with Gasteiger partial charge in [-0.3, -0.25) is 5.48 Å². The summed E-state index contributed by atoms with van der Waals surface area (Å²) in [5, 5.41) is 10.4. The van der Waals surface area contributed by atoms with Crippen molar-refractivity contribution >= 4 is 17.6 Å². The Balaban J connectivity index is 1.31. The maximum absolute atomic E-state index is 12.3. The highest BCUT2D eigenvalue weighted by atomic mass is 32.2. The number of β-amino-alcohol motifs (C(OH)–C–C–N with tert-alkyl or cyclic N) is 1. The summed E-state index contributed by atoms with van der Waals surface area (Å²) >= 11 is 1.46. The van der Waals surface area contributed by atoms with Gasteiger partial charge in [0.25, 0.3) is 0 Å². The Labute approximate surface area is 193 Å². The predicted octanol–water partition coefficient (Wildman–Crippen LogP) is 4.59. The zero-order valence-corrected chi connectivity index (χ0v) is 18.5. The molecule has 0 amide bonds. The Morgan fingerprint density at radius 2 is 1.79 bits per heavy atom. The van der Waals surface area contributed by atoms with Gasteiger partial charge in [0.1, 0.15) is 23.7 Å². The summed E-state index contributed by atoms with van der Waals surface area (Å²) in [6, 6.07) is 12.8. The highest BCUT2D eigenvalue weighted by Crippen LogP contribution is 2.34. The molecular formula is C22H25F3N2O5S. The molecule has 2 aliphatic rings. The van der Waals surface area contributed by atoms with Gasteiger partial charge in [0, 0.05) is 31.0 Å². The molecule has 2 heterocycles. The van der Waals surface area contributed by atoms with Crippen molar-refractivity contribution in [3.63, 3.8) is 0 Å². The van der Waals surface area contributed by atoms with Gasteiger partial charge in [-0.15, -0.1) is 13.2 Å². The van der Waals surface area contributed by atoms with E-state index in [0.717, 1.165) is 29.8 Å². The molecule has 2 fully saturated rings. The number of nitrogens with one attached hydrogen (secondary N) is 1. The molecule has 2 aromatic rings. The summed E-state index contributed by atoms with van der Waals surface area (Å²) in [5.41, 5.74) is 3.77. The lowest BCUT2D eigenvalue weighted by Gasteiger charge is -2.23. The van der Waals surface area contributed by atoms with Crippen LogP contribution < -0.4 is 15.0 Å². The topological polar surface area (TPSA) is 72.4 Å². The standard InChI is InChI=1S/C22H25F3N2O5S/c23-22(24,25)31-16-10-8-15(9-11-16)30-19-14-27(13-18(19)28)33-20-6-2-1-5-17(20)26-32-21-7-3-4-12-29-21/h1-2,5-6,8-11,18-19,21,26,28H,3-4,7,12-14H2. The van der Waals surface area contributed by atoms with E-state index in [1.165, 1.54) is 36.2 Å². The number of benzene rings is 2. The average molecular weight is 487 g/mol. The summed E-state index contributed by atoms with van der Waals surface area (Å²) in [6.45, 7) is 1.48. The van der Waals surface area contributed by atoms with Gasteiger partial charge in [-0.05, 0) is 61.2 Å². The lowest BCUT2D eigenvalue weighted by molar-refractivity contribution is -0.274. The van der Waals surface area contributed by atoms with Crippen LogP contribution in [-0.4, -0.2) is 54.0 Å². The predicted molar refractivity (Wildman–Crippen MR) is 116 cm³/mol. The number of nitrogens with zero attached hydrogens (tertiary/aromatic N) is 1. The number of alkyl halides is 3.